The van der Waals surface area contributed by atoms with Crippen LogP contribution in [0.4, 0.5) is 11.4 Å². The van der Waals surface area contributed by atoms with Crippen molar-refractivity contribution in [1.29, 1.82) is 0 Å². The van der Waals surface area contributed by atoms with Crippen LogP contribution in [0.5, 0.6) is 0 Å². The molecule has 2 rings (SSSR count). The van der Waals surface area contributed by atoms with Gasteiger partial charge in [0, 0.05) is 5.69 Å². The first kappa shape index (κ1) is 24.2. The number of benzene rings is 2. The fourth-order valence-electron chi connectivity index (χ4n) is 3.22. The van der Waals surface area contributed by atoms with Gasteiger partial charge in [-0.2, -0.15) is 0 Å². The van der Waals surface area contributed by atoms with Crippen molar-refractivity contribution in [2.45, 2.75) is 39.5 Å². The van der Waals surface area contributed by atoms with Crippen molar-refractivity contribution < 1.29 is 9.59 Å². The van der Waals surface area contributed by atoms with Crippen molar-refractivity contribution in [2.75, 3.05) is 30.8 Å². The average Bonchev–Trinajstić information content (AvgIpc) is 2.64. The topological polar surface area (TPSA) is 61.4 Å². The summed E-state index contributed by atoms with van der Waals surface area (Å²) in [7, 11) is 1.71. The second kappa shape index (κ2) is 10.8. The van der Waals surface area contributed by atoms with E-state index < -0.39 is 0 Å². The summed E-state index contributed by atoms with van der Waals surface area (Å²) in [4.78, 5) is 26.7. The molecule has 0 radical (unpaired) electrons. The van der Waals surface area contributed by atoms with Crippen LogP contribution in [-0.2, 0) is 9.59 Å². The van der Waals surface area contributed by atoms with Crippen LogP contribution < -0.4 is 10.6 Å². The van der Waals surface area contributed by atoms with Crippen LogP contribution in [0.2, 0.25) is 10.0 Å². The first-order valence-electron chi connectivity index (χ1n) is 9.95. The normalized spacial score (nSPS) is 11.3. The Bertz CT molecular complexity index is 867. The van der Waals surface area contributed by atoms with E-state index >= 15 is 0 Å². The summed E-state index contributed by atoms with van der Waals surface area (Å²) in [6.45, 7) is 8.51. The van der Waals surface area contributed by atoms with Gasteiger partial charge in [0.15, 0.2) is 0 Å². The van der Waals surface area contributed by atoms with Crippen molar-refractivity contribution in [3.05, 3.63) is 57.6 Å². The molecule has 0 aliphatic carbocycles. The maximum atomic E-state index is 12.7. The van der Waals surface area contributed by atoms with Gasteiger partial charge in [-0.25, -0.2) is 0 Å². The summed E-state index contributed by atoms with van der Waals surface area (Å²) in [5, 5.41) is 6.49. The second-order valence-electron chi connectivity index (χ2n) is 7.99. The zero-order chi connectivity index (χ0) is 22.4. The quantitative estimate of drug-likeness (QED) is 0.539. The van der Waals surface area contributed by atoms with Gasteiger partial charge in [0.1, 0.15) is 0 Å². The maximum Gasteiger partial charge on any atom is 0.238 e. The molecule has 162 valence electrons. The van der Waals surface area contributed by atoms with E-state index in [2.05, 4.69) is 38.3 Å². The van der Waals surface area contributed by atoms with E-state index in [4.69, 9.17) is 23.2 Å². The molecule has 2 amide bonds. The van der Waals surface area contributed by atoms with E-state index in [0.29, 0.717) is 15.7 Å². The van der Waals surface area contributed by atoms with Gasteiger partial charge >= 0.3 is 0 Å². The molecule has 0 bridgehead atoms. The Labute approximate surface area is 188 Å². The maximum absolute atomic E-state index is 12.7. The minimum Gasteiger partial charge on any atom is -0.324 e. The smallest absolute Gasteiger partial charge is 0.238 e. The highest BCUT2D eigenvalue weighted by molar-refractivity contribution is 6.39. The number of hydrogen-bond donors (Lipinski definition) is 2. The van der Waals surface area contributed by atoms with Crippen LogP contribution in [0.1, 0.15) is 50.7 Å². The van der Waals surface area contributed by atoms with Crippen molar-refractivity contribution in [1.82, 2.24) is 4.90 Å². The van der Waals surface area contributed by atoms with Crippen molar-refractivity contribution >= 4 is 46.4 Å². The van der Waals surface area contributed by atoms with Gasteiger partial charge in [-0.3, -0.25) is 14.5 Å². The third-order valence-electron chi connectivity index (χ3n) is 4.69. The van der Waals surface area contributed by atoms with Gasteiger partial charge < -0.3 is 10.6 Å². The lowest BCUT2D eigenvalue weighted by Gasteiger charge is -2.22. The molecule has 2 aromatic rings. The third-order valence-corrected chi connectivity index (χ3v) is 5.32. The number of nitrogens with zero attached hydrogens (tertiary/aromatic N) is 1. The van der Waals surface area contributed by atoms with E-state index in [1.54, 1.807) is 30.1 Å². The predicted molar refractivity (Wildman–Crippen MR) is 126 cm³/mol. The van der Waals surface area contributed by atoms with E-state index in [1.807, 2.05) is 18.2 Å². The zero-order valence-electron chi connectivity index (χ0n) is 18.1. The van der Waals surface area contributed by atoms with Crippen LogP contribution in [-0.4, -0.2) is 36.9 Å². The highest BCUT2D eigenvalue weighted by Crippen LogP contribution is 2.32. The zero-order valence-corrected chi connectivity index (χ0v) is 19.6. The third kappa shape index (κ3) is 6.46. The molecule has 0 unspecified atom stereocenters. The summed E-state index contributed by atoms with van der Waals surface area (Å²) < 4.78 is 0. The Morgan fingerprint density at radius 2 is 1.20 bits per heavy atom. The summed E-state index contributed by atoms with van der Waals surface area (Å²) >= 11 is 12.2. The Morgan fingerprint density at radius 3 is 1.63 bits per heavy atom. The predicted octanol–water partition coefficient (Wildman–Crippen LogP) is 5.75. The molecule has 2 aromatic carbocycles. The van der Waals surface area contributed by atoms with Crippen molar-refractivity contribution in [3.63, 3.8) is 0 Å². The van der Waals surface area contributed by atoms with Gasteiger partial charge in [-0.15, -0.1) is 0 Å². The number of nitrogens with one attached hydrogen (secondary N) is 2. The monoisotopic (exact) mass is 449 g/mol. The molecular formula is C23H29Cl2N3O2. The Morgan fingerprint density at radius 1 is 0.800 bits per heavy atom. The first-order chi connectivity index (χ1) is 14.1. The van der Waals surface area contributed by atoms with Gasteiger partial charge in [0.2, 0.25) is 11.8 Å². The molecule has 2 N–H and O–H groups in total. The molecule has 5 nitrogen and oxygen atoms in total. The molecule has 30 heavy (non-hydrogen) atoms. The van der Waals surface area contributed by atoms with E-state index in [0.717, 1.165) is 16.8 Å². The number of hydrogen-bond acceptors (Lipinski definition) is 3. The average molecular weight is 450 g/mol. The Kier molecular flexibility index (Phi) is 8.71. The minimum atomic E-state index is -0.300. The highest BCUT2D eigenvalue weighted by Gasteiger charge is 2.18. The number of halogens is 2. The Hall–Kier alpha value is -2.08. The second-order valence-corrected chi connectivity index (χ2v) is 8.80. The van der Waals surface area contributed by atoms with Crippen LogP contribution in [0, 0.1) is 0 Å². The van der Waals surface area contributed by atoms with Crippen LogP contribution in [0.3, 0.4) is 0 Å². The molecule has 0 aliphatic rings. The highest BCUT2D eigenvalue weighted by atomic mass is 35.5. The summed E-state index contributed by atoms with van der Waals surface area (Å²) in [5.41, 5.74) is 3.44. The summed E-state index contributed by atoms with van der Waals surface area (Å²) in [6.07, 6.45) is 0. The lowest BCUT2D eigenvalue weighted by atomic mass is 9.92. The Balaban J connectivity index is 2.02. The molecule has 0 aliphatic heterocycles. The van der Waals surface area contributed by atoms with Crippen LogP contribution >= 0.6 is 23.2 Å². The number of carbonyl (C=O) groups is 2. The number of likely N-dealkylation sites (N-methyl/N-ethyl adjacent to an activating group) is 1. The van der Waals surface area contributed by atoms with Gasteiger partial charge in [-0.05, 0) is 42.1 Å². The molecule has 0 heterocycles. The molecule has 0 fully saturated rings. The van der Waals surface area contributed by atoms with Crippen LogP contribution in [0.25, 0.3) is 0 Å². The molecule has 0 saturated carbocycles. The standard InChI is InChI=1S/C23H29Cl2N3O2/c1-14(2)16-8-6-9-17(15(3)4)22(16)26-20(29)12-28(5)13-21(30)27-23-18(24)10-7-11-19(23)25/h6-11,14-15H,12-13H2,1-5H3,(H,26,29)(H,27,30). The van der Waals surface area contributed by atoms with Gasteiger partial charge in [-0.1, -0.05) is 75.2 Å². The summed E-state index contributed by atoms with van der Waals surface area (Å²) in [6, 6.07) is 11.1. The molecular weight excluding hydrogens is 421 g/mol. The van der Waals surface area contributed by atoms with Crippen molar-refractivity contribution in [3.8, 4) is 0 Å². The molecule has 0 saturated heterocycles. The fraction of sp³-hybridized carbons (Fsp3) is 0.391. The fourth-order valence-corrected chi connectivity index (χ4v) is 3.71. The number of anilines is 2. The molecule has 7 heteroatoms. The summed E-state index contributed by atoms with van der Waals surface area (Å²) in [5.74, 6) is 0.0904. The molecule has 0 aromatic heterocycles. The molecule has 0 atom stereocenters. The van der Waals surface area contributed by atoms with E-state index in [-0.39, 0.29) is 36.7 Å². The van der Waals surface area contributed by atoms with Crippen LogP contribution in [0.15, 0.2) is 36.4 Å². The molecule has 0 spiro atoms. The van der Waals surface area contributed by atoms with Crippen molar-refractivity contribution in [2.24, 2.45) is 0 Å². The lowest BCUT2D eigenvalue weighted by Crippen LogP contribution is -2.36. The SMILES string of the molecule is CC(C)c1cccc(C(C)C)c1NC(=O)CN(C)CC(=O)Nc1c(Cl)cccc1Cl. The largest absolute Gasteiger partial charge is 0.324 e. The number of amides is 2. The minimum absolute atomic E-state index is 0.0256. The van der Waals surface area contributed by atoms with E-state index in [1.165, 1.54) is 0 Å². The number of para-hydroxylation sites is 2. The van der Waals surface area contributed by atoms with Gasteiger partial charge in [0.25, 0.3) is 0 Å². The number of rotatable bonds is 8. The number of carbonyl (C=O) groups excluding carboxylic acids is 2. The lowest BCUT2D eigenvalue weighted by molar-refractivity contribution is -0.119. The van der Waals surface area contributed by atoms with Gasteiger partial charge in [0.05, 0.1) is 28.8 Å². The first-order valence-corrected chi connectivity index (χ1v) is 10.7. The van der Waals surface area contributed by atoms with E-state index in [9.17, 15) is 9.59 Å².